The minimum atomic E-state index is -0.343. The number of thiophene rings is 2. The van der Waals surface area contributed by atoms with Crippen molar-refractivity contribution in [1.82, 2.24) is 0 Å². The van der Waals surface area contributed by atoms with E-state index in [-0.39, 0.29) is 10.9 Å². The van der Waals surface area contributed by atoms with Crippen molar-refractivity contribution in [2.24, 2.45) is 0 Å². The number of aryl methyl sites for hydroxylation is 4. The van der Waals surface area contributed by atoms with Gasteiger partial charge in [-0.3, -0.25) is 9.59 Å². The quantitative estimate of drug-likeness (QED) is 0.671. The molecular weight excluding hydrogens is 288 g/mol. The maximum Gasteiger partial charge on any atom is 0.234 e. The standard InChI is InChI=1S/C16H14O2S2/c1-7-5-11(9(3)19-7)13-14(16(18)15(13)17)12-6-8(2)20-10(12)4/h5-6H,1-4H3. The Morgan fingerprint density at radius 1 is 0.700 bits per heavy atom. The highest BCUT2D eigenvalue weighted by Crippen LogP contribution is 2.38. The molecule has 0 N–H and O–H groups in total. The van der Waals surface area contributed by atoms with E-state index in [0.717, 1.165) is 30.6 Å². The minimum Gasteiger partial charge on any atom is -0.285 e. The van der Waals surface area contributed by atoms with Crippen molar-refractivity contribution in [1.29, 1.82) is 0 Å². The Morgan fingerprint density at radius 3 is 1.30 bits per heavy atom. The van der Waals surface area contributed by atoms with Crippen LogP contribution in [0.3, 0.4) is 0 Å². The van der Waals surface area contributed by atoms with Crippen LogP contribution in [0.1, 0.15) is 19.5 Å². The van der Waals surface area contributed by atoms with Crippen LogP contribution in [0.4, 0.5) is 0 Å². The Kier molecular flexibility index (Phi) is 3.03. The van der Waals surface area contributed by atoms with Gasteiger partial charge in [0.15, 0.2) is 0 Å². The molecule has 0 aliphatic rings. The summed E-state index contributed by atoms with van der Waals surface area (Å²) in [4.78, 5) is 28.6. The Balaban J connectivity index is 2.28. The molecule has 2 heterocycles. The zero-order chi connectivity index (χ0) is 14.6. The third kappa shape index (κ3) is 1.83. The molecule has 0 bridgehead atoms. The fourth-order valence-corrected chi connectivity index (χ4v) is 4.52. The lowest BCUT2D eigenvalue weighted by atomic mass is 9.89. The highest BCUT2D eigenvalue weighted by atomic mass is 32.1. The van der Waals surface area contributed by atoms with Gasteiger partial charge in [0.05, 0.1) is 0 Å². The zero-order valence-corrected chi connectivity index (χ0v) is 13.4. The second-order valence-corrected chi connectivity index (χ2v) is 7.98. The lowest BCUT2D eigenvalue weighted by Crippen LogP contribution is -2.35. The van der Waals surface area contributed by atoms with E-state index >= 15 is 0 Å². The van der Waals surface area contributed by atoms with E-state index in [1.54, 1.807) is 22.7 Å². The first-order valence-electron chi connectivity index (χ1n) is 6.38. The first-order chi connectivity index (χ1) is 9.40. The second-order valence-electron chi connectivity index (χ2n) is 5.06. The van der Waals surface area contributed by atoms with E-state index in [9.17, 15) is 9.59 Å². The molecule has 0 aliphatic heterocycles. The van der Waals surface area contributed by atoms with E-state index in [1.165, 1.54) is 0 Å². The average molecular weight is 302 g/mol. The van der Waals surface area contributed by atoms with Gasteiger partial charge in [0.25, 0.3) is 0 Å². The highest BCUT2D eigenvalue weighted by molar-refractivity contribution is 7.12. The lowest BCUT2D eigenvalue weighted by molar-refractivity contribution is 1.39. The summed E-state index contributed by atoms with van der Waals surface area (Å²) in [6.45, 7) is 8.04. The van der Waals surface area contributed by atoms with Gasteiger partial charge in [-0.05, 0) is 39.8 Å². The van der Waals surface area contributed by atoms with Crippen LogP contribution in [0.15, 0.2) is 21.7 Å². The van der Waals surface area contributed by atoms with Crippen LogP contribution in [0.5, 0.6) is 0 Å². The molecule has 4 heteroatoms. The molecule has 0 spiro atoms. The number of rotatable bonds is 2. The SMILES string of the molecule is Cc1cc(-c2c(-c3cc(C)sc3C)c(=O)c2=O)c(C)s1. The lowest BCUT2D eigenvalue weighted by Gasteiger charge is -2.10. The van der Waals surface area contributed by atoms with Gasteiger partial charge in [0.1, 0.15) is 0 Å². The van der Waals surface area contributed by atoms with Crippen LogP contribution in [0.2, 0.25) is 0 Å². The first-order valence-corrected chi connectivity index (χ1v) is 8.01. The molecule has 1 aromatic carbocycles. The van der Waals surface area contributed by atoms with Crippen LogP contribution >= 0.6 is 22.7 Å². The van der Waals surface area contributed by atoms with Gasteiger partial charge in [0, 0.05) is 41.8 Å². The highest BCUT2D eigenvalue weighted by Gasteiger charge is 2.27. The Labute approximate surface area is 125 Å². The monoisotopic (exact) mass is 302 g/mol. The van der Waals surface area contributed by atoms with Crippen LogP contribution in [0, 0.1) is 27.7 Å². The largest absolute Gasteiger partial charge is 0.285 e. The summed E-state index contributed by atoms with van der Waals surface area (Å²) in [6, 6.07) is 4.02. The predicted molar refractivity (Wildman–Crippen MR) is 86.9 cm³/mol. The maximum atomic E-state index is 12.0. The molecule has 20 heavy (non-hydrogen) atoms. The van der Waals surface area contributed by atoms with Crippen molar-refractivity contribution in [3.8, 4) is 22.3 Å². The van der Waals surface area contributed by atoms with Crippen molar-refractivity contribution in [2.45, 2.75) is 27.7 Å². The summed E-state index contributed by atoms with van der Waals surface area (Å²) in [7, 11) is 0. The van der Waals surface area contributed by atoms with E-state index in [1.807, 2.05) is 39.8 Å². The molecule has 0 unspecified atom stereocenters. The van der Waals surface area contributed by atoms with Crippen LogP contribution in [-0.4, -0.2) is 0 Å². The number of hydrogen-bond donors (Lipinski definition) is 0. The molecule has 102 valence electrons. The normalized spacial score (nSPS) is 11.4. The summed E-state index contributed by atoms with van der Waals surface area (Å²) in [5, 5.41) is 0. The van der Waals surface area contributed by atoms with Gasteiger partial charge in [-0.2, -0.15) is 0 Å². The number of hydrogen-bond acceptors (Lipinski definition) is 4. The Morgan fingerprint density at radius 2 is 1.05 bits per heavy atom. The van der Waals surface area contributed by atoms with Crippen LogP contribution in [-0.2, 0) is 0 Å². The van der Waals surface area contributed by atoms with E-state index in [2.05, 4.69) is 0 Å². The topological polar surface area (TPSA) is 34.1 Å². The van der Waals surface area contributed by atoms with Crippen molar-refractivity contribution in [3.05, 3.63) is 52.1 Å². The van der Waals surface area contributed by atoms with Gasteiger partial charge in [-0.1, -0.05) is 0 Å². The fraction of sp³-hybridized carbons (Fsp3) is 0.250. The molecule has 0 fully saturated rings. The third-order valence-corrected chi connectivity index (χ3v) is 5.46. The van der Waals surface area contributed by atoms with E-state index in [0.29, 0.717) is 11.1 Å². The summed E-state index contributed by atoms with van der Waals surface area (Å²) < 4.78 is 0. The second kappa shape index (κ2) is 4.50. The van der Waals surface area contributed by atoms with Crippen molar-refractivity contribution >= 4 is 22.7 Å². The Bertz CT molecular complexity index is 812. The van der Waals surface area contributed by atoms with Gasteiger partial charge in [0.2, 0.25) is 10.9 Å². The Hall–Kier alpha value is -1.52. The average Bonchev–Trinajstić information content (AvgIpc) is 2.87. The smallest absolute Gasteiger partial charge is 0.234 e. The molecule has 0 atom stereocenters. The van der Waals surface area contributed by atoms with Gasteiger partial charge < -0.3 is 0 Å². The molecule has 3 aromatic rings. The van der Waals surface area contributed by atoms with E-state index in [4.69, 9.17) is 0 Å². The molecule has 2 nitrogen and oxygen atoms in total. The third-order valence-electron chi connectivity index (χ3n) is 3.53. The molecule has 0 radical (unpaired) electrons. The summed E-state index contributed by atoms with van der Waals surface area (Å²) in [5.74, 6) is 0. The van der Waals surface area contributed by atoms with Gasteiger partial charge >= 0.3 is 0 Å². The van der Waals surface area contributed by atoms with Gasteiger partial charge in [-0.15, -0.1) is 22.7 Å². The van der Waals surface area contributed by atoms with Crippen molar-refractivity contribution in [2.75, 3.05) is 0 Å². The molecule has 0 aliphatic carbocycles. The fourth-order valence-electron chi connectivity index (χ4n) is 2.66. The first kappa shape index (κ1) is 13.5. The molecule has 2 aromatic heterocycles. The molecule has 0 amide bonds. The van der Waals surface area contributed by atoms with Crippen molar-refractivity contribution < 1.29 is 0 Å². The van der Waals surface area contributed by atoms with Crippen LogP contribution < -0.4 is 10.9 Å². The summed E-state index contributed by atoms with van der Waals surface area (Å²) in [6.07, 6.45) is 0. The molecule has 0 saturated carbocycles. The maximum absolute atomic E-state index is 12.0. The minimum absolute atomic E-state index is 0.343. The predicted octanol–water partition coefficient (Wildman–Crippen LogP) is 3.97. The van der Waals surface area contributed by atoms with Crippen LogP contribution in [0.25, 0.3) is 22.3 Å². The van der Waals surface area contributed by atoms with Gasteiger partial charge in [-0.25, -0.2) is 0 Å². The van der Waals surface area contributed by atoms with Crippen molar-refractivity contribution in [3.63, 3.8) is 0 Å². The zero-order valence-electron chi connectivity index (χ0n) is 11.8. The molecule has 3 rings (SSSR count). The van der Waals surface area contributed by atoms with E-state index < -0.39 is 0 Å². The molecule has 0 saturated heterocycles. The summed E-state index contributed by atoms with van der Waals surface area (Å²) >= 11 is 3.32. The summed E-state index contributed by atoms with van der Waals surface area (Å²) in [5.41, 5.74) is 2.38. The molecular formula is C16H14O2S2.